The molecule has 0 aliphatic carbocycles. The first-order chi connectivity index (χ1) is 14.5. The quantitative estimate of drug-likeness (QED) is 0.781. The summed E-state index contributed by atoms with van der Waals surface area (Å²) in [4.78, 5) is 14.8. The molecule has 4 rings (SSSR count). The molecule has 7 nitrogen and oxygen atoms in total. The van der Waals surface area contributed by atoms with Gasteiger partial charge in [0.05, 0.1) is 6.04 Å². The van der Waals surface area contributed by atoms with Crippen LogP contribution in [0.3, 0.4) is 0 Å². The molecule has 30 heavy (non-hydrogen) atoms. The fourth-order valence-electron chi connectivity index (χ4n) is 4.13. The second kappa shape index (κ2) is 9.41. The summed E-state index contributed by atoms with van der Waals surface area (Å²) in [6.07, 6.45) is 2.22. The molecular formula is C21H27ClFN5O2. The second-order valence-electron chi connectivity index (χ2n) is 7.97. The van der Waals surface area contributed by atoms with E-state index in [4.69, 9.17) is 16.3 Å². The molecule has 1 fully saturated rings. The molecule has 1 aromatic carbocycles. The third-order valence-corrected chi connectivity index (χ3v) is 6.28. The van der Waals surface area contributed by atoms with Crippen molar-refractivity contribution in [1.82, 2.24) is 25.0 Å². The Labute approximate surface area is 180 Å². The van der Waals surface area contributed by atoms with Crippen molar-refractivity contribution in [2.75, 3.05) is 26.3 Å². The summed E-state index contributed by atoms with van der Waals surface area (Å²) in [6.45, 7) is 5.81. The highest BCUT2D eigenvalue weighted by Gasteiger charge is 2.27. The molecule has 2 aromatic rings. The molecule has 0 radical (unpaired) electrons. The lowest BCUT2D eigenvalue weighted by Crippen LogP contribution is -2.36. The number of benzene rings is 1. The maximum Gasteiger partial charge on any atom is 0.223 e. The molecule has 1 amide bonds. The lowest BCUT2D eigenvalue weighted by molar-refractivity contribution is -0.128. The lowest BCUT2D eigenvalue weighted by atomic mass is 9.99. The van der Waals surface area contributed by atoms with Crippen LogP contribution in [0.1, 0.15) is 43.0 Å². The van der Waals surface area contributed by atoms with Crippen LogP contribution in [0, 0.1) is 11.7 Å². The third-order valence-electron chi connectivity index (χ3n) is 5.93. The van der Waals surface area contributed by atoms with E-state index in [1.807, 2.05) is 6.92 Å². The van der Waals surface area contributed by atoms with Crippen LogP contribution in [0.4, 0.5) is 4.39 Å². The van der Waals surface area contributed by atoms with E-state index < -0.39 is 0 Å². The number of carbonyl (C=O) groups is 1. The van der Waals surface area contributed by atoms with Crippen LogP contribution in [-0.2, 0) is 29.0 Å². The Morgan fingerprint density at radius 2 is 2.10 bits per heavy atom. The highest BCUT2D eigenvalue weighted by atomic mass is 35.5. The molecule has 0 saturated carbocycles. The van der Waals surface area contributed by atoms with Crippen LogP contribution in [0.5, 0.6) is 0 Å². The van der Waals surface area contributed by atoms with E-state index >= 15 is 0 Å². The standard InChI is InChI=1S/C21H27ClFN5O2/c1-14(24-21(29)15-6-11-30-12-7-15)20-26-25-19-5-8-27(9-10-28(19)20)13-16-17(22)3-2-4-18(16)23/h2-4,14-15H,5-13H2,1H3,(H,24,29). The van der Waals surface area contributed by atoms with Gasteiger partial charge >= 0.3 is 0 Å². The number of rotatable bonds is 5. The van der Waals surface area contributed by atoms with Gasteiger partial charge in [0, 0.05) is 62.3 Å². The van der Waals surface area contributed by atoms with E-state index in [2.05, 4.69) is 25.0 Å². The van der Waals surface area contributed by atoms with Gasteiger partial charge in [-0.15, -0.1) is 10.2 Å². The Kier molecular flexibility index (Phi) is 6.65. The number of halogens is 2. The Hall–Kier alpha value is -2.03. The average Bonchev–Trinajstić information content (AvgIpc) is 3.05. The topological polar surface area (TPSA) is 72.3 Å². The summed E-state index contributed by atoms with van der Waals surface area (Å²) < 4.78 is 21.6. The summed E-state index contributed by atoms with van der Waals surface area (Å²) >= 11 is 6.19. The van der Waals surface area contributed by atoms with Crippen LogP contribution in [0.25, 0.3) is 0 Å². The van der Waals surface area contributed by atoms with Crippen molar-refractivity contribution < 1.29 is 13.9 Å². The zero-order chi connectivity index (χ0) is 21.1. The van der Waals surface area contributed by atoms with Gasteiger partial charge in [0.2, 0.25) is 5.91 Å². The van der Waals surface area contributed by atoms with Gasteiger partial charge in [-0.3, -0.25) is 9.69 Å². The van der Waals surface area contributed by atoms with Gasteiger partial charge < -0.3 is 14.6 Å². The largest absolute Gasteiger partial charge is 0.381 e. The lowest BCUT2D eigenvalue weighted by Gasteiger charge is -2.24. The third kappa shape index (κ3) is 4.66. The number of hydrogen-bond donors (Lipinski definition) is 1. The SMILES string of the molecule is CC(NC(=O)C1CCOCC1)c1nnc2n1CCN(Cc1c(F)cccc1Cl)CC2. The van der Waals surface area contributed by atoms with Gasteiger partial charge in [-0.1, -0.05) is 17.7 Å². The van der Waals surface area contributed by atoms with Crippen LogP contribution >= 0.6 is 11.6 Å². The van der Waals surface area contributed by atoms with Crippen LogP contribution < -0.4 is 5.32 Å². The van der Waals surface area contributed by atoms with E-state index in [0.29, 0.717) is 43.3 Å². The van der Waals surface area contributed by atoms with E-state index in [1.54, 1.807) is 12.1 Å². The van der Waals surface area contributed by atoms with Crippen LogP contribution in [-0.4, -0.2) is 51.9 Å². The number of aromatic nitrogens is 3. The highest BCUT2D eigenvalue weighted by molar-refractivity contribution is 6.31. The van der Waals surface area contributed by atoms with Gasteiger partial charge in [0.1, 0.15) is 11.6 Å². The normalized spacial score (nSPS) is 19.2. The summed E-state index contributed by atoms with van der Waals surface area (Å²) in [5.74, 6) is 1.41. The number of nitrogens with zero attached hydrogens (tertiary/aromatic N) is 4. The minimum Gasteiger partial charge on any atom is -0.381 e. The van der Waals surface area contributed by atoms with Crippen molar-refractivity contribution in [1.29, 1.82) is 0 Å². The van der Waals surface area contributed by atoms with E-state index in [0.717, 1.165) is 37.6 Å². The number of amides is 1. The second-order valence-corrected chi connectivity index (χ2v) is 8.38. The fraction of sp³-hybridized carbons (Fsp3) is 0.571. The molecule has 162 valence electrons. The van der Waals surface area contributed by atoms with Gasteiger partial charge in [-0.25, -0.2) is 4.39 Å². The van der Waals surface area contributed by atoms with Crippen molar-refractivity contribution >= 4 is 17.5 Å². The van der Waals surface area contributed by atoms with Gasteiger partial charge in [0.15, 0.2) is 5.82 Å². The molecule has 2 aliphatic heterocycles. The van der Waals surface area contributed by atoms with Crippen molar-refractivity contribution in [3.05, 3.63) is 46.3 Å². The molecule has 9 heteroatoms. The first-order valence-electron chi connectivity index (χ1n) is 10.5. The van der Waals surface area contributed by atoms with Gasteiger partial charge in [-0.05, 0) is 31.9 Å². The number of ether oxygens (including phenoxy) is 1. The molecule has 1 aromatic heterocycles. The molecule has 2 aliphatic rings. The molecule has 1 unspecified atom stereocenters. The average molecular weight is 436 g/mol. The zero-order valence-electron chi connectivity index (χ0n) is 17.1. The van der Waals surface area contributed by atoms with E-state index in [1.165, 1.54) is 6.07 Å². The first kappa shape index (κ1) is 21.2. The van der Waals surface area contributed by atoms with Crippen LogP contribution in [0.15, 0.2) is 18.2 Å². The Bertz CT molecular complexity index is 879. The summed E-state index contributed by atoms with van der Waals surface area (Å²) in [5.41, 5.74) is 0.522. The highest BCUT2D eigenvalue weighted by Crippen LogP contribution is 2.23. The maximum atomic E-state index is 14.2. The van der Waals surface area contributed by atoms with Crippen molar-refractivity contribution in [3.63, 3.8) is 0 Å². The van der Waals surface area contributed by atoms with Crippen molar-refractivity contribution in [2.24, 2.45) is 5.92 Å². The van der Waals surface area contributed by atoms with Gasteiger partial charge in [0.25, 0.3) is 0 Å². The number of carbonyl (C=O) groups excluding carboxylic acids is 1. The smallest absolute Gasteiger partial charge is 0.223 e. The summed E-state index contributed by atoms with van der Waals surface area (Å²) in [5, 5.41) is 12.2. The molecule has 0 spiro atoms. The molecule has 1 N–H and O–H groups in total. The maximum absolute atomic E-state index is 14.2. The summed E-state index contributed by atoms with van der Waals surface area (Å²) in [7, 11) is 0. The first-order valence-corrected chi connectivity index (χ1v) is 10.9. The van der Waals surface area contributed by atoms with Gasteiger partial charge in [-0.2, -0.15) is 0 Å². The predicted octanol–water partition coefficient (Wildman–Crippen LogP) is 2.73. The van der Waals surface area contributed by atoms with Crippen molar-refractivity contribution in [3.8, 4) is 0 Å². The van der Waals surface area contributed by atoms with E-state index in [-0.39, 0.29) is 23.7 Å². The molecule has 1 saturated heterocycles. The number of nitrogens with one attached hydrogen (secondary N) is 1. The zero-order valence-corrected chi connectivity index (χ0v) is 17.9. The van der Waals surface area contributed by atoms with E-state index in [9.17, 15) is 9.18 Å². The summed E-state index contributed by atoms with van der Waals surface area (Å²) in [6, 6.07) is 4.55. The molecule has 3 heterocycles. The molecule has 0 bridgehead atoms. The Morgan fingerprint density at radius 3 is 2.87 bits per heavy atom. The number of hydrogen-bond acceptors (Lipinski definition) is 5. The fourth-order valence-corrected chi connectivity index (χ4v) is 4.35. The minimum atomic E-state index is -0.281. The number of fused-ring (bicyclic) bond motifs is 1. The van der Waals surface area contributed by atoms with Crippen molar-refractivity contribution in [2.45, 2.75) is 45.3 Å². The monoisotopic (exact) mass is 435 g/mol. The minimum absolute atomic E-state index is 0.00580. The van der Waals surface area contributed by atoms with Crippen LogP contribution in [0.2, 0.25) is 5.02 Å². The predicted molar refractivity (Wildman–Crippen MR) is 111 cm³/mol. The molecule has 1 atom stereocenters. The Morgan fingerprint density at radius 1 is 1.30 bits per heavy atom. The molecular weight excluding hydrogens is 409 g/mol. The Balaban J connectivity index is 1.40.